The number of nitrogens with zero attached hydrogens (tertiary/aromatic N) is 4. The molecule has 0 aliphatic rings. The van der Waals surface area contributed by atoms with Gasteiger partial charge in [-0.05, 0) is 35.4 Å². The van der Waals surface area contributed by atoms with Gasteiger partial charge in [-0.25, -0.2) is 9.48 Å². The lowest BCUT2D eigenvalue weighted by Crippen LogP contribution is -2.51. The Labute approximate surface area is 192 Å². The lowest BCUT2D eigenvalue weighted by atomic mass is 10.1. The number of hydrogen-bond acceptors (Lipinski definition) is 8. The highest BCUT2D eigenvalue weighted by Gasteiger charge is 2.33. The van der Waals surface area contributed by atoms with E-state index in [0.29, 0.717) is 12.2 Å². The molecule has 0 spiro atoms. The van der Waals surface area contributed by atoms with E-state index in [1.807, 2.05) is 36.4 Å². The fourth-order valence-electron chi connectivity index (χ4n) is 3.13. The van der Waals surface area contributed by atoms with Crippen molar-refractivity contribution in [3.63, 3.8) is 0 Å². The summed E-state index contributed by atoms with van der Waals surface area (Å²) in [6, 6.07) is 16.9. The first-order chi connectivity index (χ1) is 15.8. The molecule has 0 saturated heterocycles. The summed E-state index contributed by atoms with van der Waals surface area (Å²) in [5, 5.41) is 14.7. The monoisotopic (exact) mass is 452 g/mol. The molecule has 2 aromatic carbocycles. The van der Waals surface area contributed by atoms with Gasteiger partial charge in [0.15, 0.2) is 11.9 Å². The maximum Gasteiger partial charge on any atom is 0.335 e. The van der Waals surface area contributed by atoms with Gasteiger partial charge < -0.3 is 20.5 Å². The Bertz CT molecular complexity index is 1050. The molecule has 1 unspecified atom stereocenters. The number of carbonyl (C=O) groups excluding carboxylic acids is 2. The molecule has 10 heteroatoms. The van der Waals surface area contributed by atoms with E-state index in [9.17, 15) is 9.59 Å². The van der Waals surface area contributed by atoms with Crippen molar-refractivity contribution in [1.29, 1.82) is 0 Å². The van der Waals surface area contributed by atoms with E-state index in [2.05, 4.69) is 20.8 Å². The summed E-state index contributed by atoms with van der Waals surface area (Å²) in [5.74, 6) is -0.733. The average molecular weight is 453 g/mol. The van der Waals surface area contributed by atoms with E-state index in [0.717, 1.165) is 5.56 Å². The summed E-state index contributed by atoms with van der Waals surface area (Å²) in [4.78, 5) is 25.4. The Kier molecular flexibility index (Phi) is 7.86. The fourth-order valence-corrected chi connectivity index (χ4v) is 3.13. The van der Waals surface area contributed by atoms with Crippen molar-refractivity contribution in [2.24, 2.45) is 5.73 Å². The van der Waals surface area contributed by atoms with Crippen LogP contribution in [0.5, 0.6) is 0 Å². The lowest BCUT2D eigenvalue weighted by molar-refractivity contribution is -0.143. The van der Waals surface area contributed by atoms with Crippen molar-refractivity contribution in [1.82, 2.24) is 25.5 Å². The largest absolute Gasteiger partial charge is 0.467 e. The molecule has 1 aromatic heterocycles. The predicted molar refractivity (Wildman–Crippen MR) is 120 cm³/mol. The Balaban J connectivity index is 1.92. The number of nitrogens with one attached hydrogen (secondary N) is 1. The van der Waals surface area contributed by atoms with Crippen LogP contribution in [0.2, 0.25) is 0 Å². The average Bonchev–Trinajstić information content (AvgIpc) is 3.28. The van der Waals surface area contributed by atoms with Crippen LogP contribution in [0.1, 0.15) is 42.9 Å². The molecular weight excluding hydrogens is 424 g/mol. The molecule has 1 heterocycles. The van der Waals surface area contributed by atoms with Crippen LogP contribution < -0.4 is 11.1 Å². The van der Waals surface area contributed by atoms with Gasteiger partial charge >= 0.3 is 5.97 Å². The van der Waals surface area contributed by atoms with Crippen LogP contribution in [0.25, 0.3) is 0 Å². The van der Waals surface area contributed by atoms with Crippen LogP contribution >= 0.6 is 0 Å². The van der Waals surface area contributed by atoms with Crippen molar-refractivity contribution < 1.29 is 19.1 Å². The van der Waals surface area contributed by atoms with Crippen molar-refractivity contribution in [3.8, 4) is 0 Å². The van der Waals surface area contributed by atoms with Gasteiger partial charge in [-0.3, -0.25) is 4.79 Å². The Hall–Kier alpha value is -3.63. The number of esters is 1. The van der Waals surface area contributed by atoms with Crippen LogP contribution in [0.4, 0.5) is 0 Å². The summed E-state index contributed by atoms with van der Waals surface area (Å²) in [7, 11) is 1.29. The first-order valence-electron chi connectivity index (χ1n) is 10.4. The van der Waals surface area contributed by atoms with Gasteiger partial charge in [0.2, 0.25) is 5.91 Å². The topological polar surface area (TPSA) is 134 Å². The number of amides is 1. The SMILES string of the molecule is COC(=O)C(c1ccccc1)n1nnnc1[C@@H](COCc1ccccc1)NC(=O)C(C)(C)N. The Morgan fingerprint density at radius 3 is 2.33 bits per heavy atom. The number of rotatable bonds is 10. The van der Waals surface area contributed by atoms with Gasteiger partial charge in [0, 0.05) is 0 Å². The number of benzene rings is 2. The van der Waals surface area contributed by atoms with Gasteiger partial charge in [-0.15, -0.1) is 5.10 Å². The van der Waals surface area contributed by atoms with Crippen molar-refractivity contribution in [2.75, 3.05) is 13.7 Å². The maximum atomic E-state index is 12.7. The first kappa shape index (κ1) is 24.0. The minimum atomic E-state index is -1.14. The van der Waals surface area contributed by atoms with Crippen LogP contribution in [0.3, 0.4) is 0 Å². The quantitative estimate of drug-likeness (QED) is 0.443. The lowest BCUT2D eigenvalue weighted by Gasteiger charge is -2.25. The molecule has 0 saturated carbocycles. The van der Waals surface area contributed by atoms with Gasteiger partial charge in [0.1, 0.15) is 6.04 Å². The molecule has 174 valence electrons. The third-order valence-corrected chi connectivity index (χ3v) is 4.90. The zero-order valence-electron chi connectivity index (χ0n) is 18.8. The minimum Gasteiger partial charge on any atom is -0.467 e. The predicted octanol–water partition coefficient (Wildman–Crippen LogP) is 1.55. The zero-order valence-corrected chi connectivity index (χ0v) is 18.8. The highest BCUT2D eigenvalue weighted by Crippen LogP contribution is 2.23. The molecule has 1 amide bonds. The van der Waals surface area contributed by atoms with Crippen LogP contribution in [0.15, 0.2) is 60.7 Å². The van der Waals surface area contributed by atoms with Gasteiger partial charge in [-0.1, -0.05) is 60.7 Å². The molecule has 3 aromatic rings. The second-order valence-electron chi connectivity index (χ2n) is 8.07. The maximum absolute atomic E-state index is 12.7. The third-order valence-electron chi connectivity index (χ3n) is 4.90. The molecule has 0 aliphatic heterocycles. The van der Waals surface area contributed by atoms with Crippen molar-refractivity contribution in [2.45, 2.75) is 38.1 Å². The molecule has 0 radical (unpaired) electrons. The summed E-state index contributed by atoms with van der Waals surface area (Å²) in [6.07, 6.45) is 0. The van der Waals surface area contributed by atoms with Crippen LogP contribution in [-0.2, 0) is 25.7 Å². The molecule has 3 N–H and O–H groups in total. The summed E-state index contributed by atoms with van der Waals surface area (Å²) in [6.45, 7) is 3.56. The van der Waals surface area contributed by atoms with Crippen molar-refractivity contribution >= 4 is 11.9 Å². The molecule has 0 aliphatic carbocycles. The van der Waals surface area contributed by atoms with Gasteiger partial charge in [0.05, 0.1) is 25.9 Å². The van der Waals surface area contributed by atoms with E-state index < -0.39 is 29.5 Å². The number of aromatic nitrogens is 4. The van der Waals surface area contributed by atoms with Crippen LogP contribution in [-0.4, -0.2) is 51.3 Å². The van der Waals surface area contributed by atoms with E-state index in [4.69, 9.17) is 15.2 Å². The first-order valence-corrected chi connectivity index (χ1v) is 10.4. The number of ether oxygens (including phenoxy) is 2. The Morgan fingerprint density at radius 1 is 1.09 bits per heavy atom. The molecular formula is C23H28N6O4. The minimum absolute atomic E-state index is 0.0553. The summed E-state index contributed by atoms with van der Waals surface area (Å²) >= 11 is 0. The van der Waals surface area contributed by atoms with Crippen LogP contribution in [0, 0.1) is 0 Å². The van der Waals surface area contributed by atoms with E-state index in [-0.39, 0.29) is 12.4 Å². The molecule has 3 rings (SSSR count). The van der Waals surface area contributed by atoms with Gasteiger partial charge in [0.25, 0.3) is 0 Å². The third kappa shape index (κ3) is 6.21. The van der Waals surface area contributed by atoms with Crippen molar-refractivity contribution in [3.05, 3.63) is 77.6 Å². The zero-order chi connectivity index (χ0) is 23.8. The highest BCUT2D eigenvalue weighted by atomic mass is 16.5. The summed E-state index contributed by atoms with van der Waals surface area (Å²) in [5.41, 5.74) is 6.43. The number of hydrogen-bond donors (Lipinski definition) is 2. The van der Waals surface area contributed by atoms with E-state index in [1.54, 1.807) is 38.1 Å². The standard InChI is InChI=1S/C23H28N6O4/c1-23(2,24)22(31)25-18(15-33-14-16-10-6-4-7-11-16)20-26-27-28-29(20)19(21(30)32-3)17-12-8-5-9-13-17/h4-13,18-19H,14-15,24H2,1-3H3,(H,25,31)/t18-,19?/m1/s1. The number of methoxy groups -OCH3 is 1. The molecule has 0 fully saturated rings. The molecule has 2 atom stereocenters. The summed E-state index contributed by atoms with van der Waals surface area (Å²) < 4.78 is 12.2. The Morgan fingerprint density at radius 2 is 1.73 bits per heavy atom. The number of tetrazole rings is 1. The second-order valence-corrected chi connectivity index (χ2v) is 8.07. The van der Waals surface area contributed by atoms with Gasteiger partial charge in [-0.2, -0.15) is 0 Å². The molecule has 33 heavy (non-hydrogen) atoms. The molecule has 0 bridgehead atoms. The normalized spacial score (nSPS) is 13.2. The number of carbonyl (C=O) groups is 2. The number of nitrogens with two attached hydrogens (primary N) is 1. The van der Waals surface area contributed by atoms with E-state index in [1.165, 1.54) is 11.8 Å². The molecule has 10 nitrogen and oxygen atoms in total. The second kappa shape index (κ2) is 10.8. The smallest absolute Gasteiger partial charge is 0.335 e. The highest BCUT2D eigenvalue weighted by molar-refractivity contribution is 5.85. The fraction of sp³-hybridized carbons (Fsp3) is 0.348. The van der Waals surface area contributed by atoms with E-state index >= 15 is 0 Å².